The summed E-state index contributed by atoms with van der Waals surface area (Å²) in [6.45, 7) is 3.02. The topological polar surface area (TPSA) is 211 Å². The van der Waals surface area contributed by atoms with E-state index in [4.69, 9.17) is 15.9 Å². The lowest BCUT2D eigenvalue weighted by Crippen LogP contribution is -2.60. The van der Waals surface area contributed by atoms with Crippen LogP contribution in [0.15, 0.2) is 0 Å². The molecule has 0 aromatic heterocycles. The minimum absolute atomic E-state index is 0.378. The predicted octanol–water partition coefficient (Wildman–Crippen LogP) is -3.74. The smallest absolute Gasteiger partial charge is 0.328 e. The van der Waals surface area contributed by atoms with Crippen LogP contribution in [0.2, 0.25) is 0 Å². The van der Waals surface area contributed by atoms with Crippen LogP contribution in [-0.4, -0.2) is 87.6 Å². The van der Waals surface area contributed by atoms with Gasteiger partial charge in [0.25, 0.3) is 0 Å². The highest BCUT2D eigenvalue weighted by molar-refractivity contribution is 5.94. The lowest BCUT2D eigenvalue weighted by Gasteiger charge is -2.27. The molecule has 6 unspecified atom stereocenters. The molecular weight excluding hydrogens is 376 g/mol. The van der Waals surface area contributed by atoms with Crippen LogP contribution in [0.3, 0.4) is 0 Å². The standard InChI is InChI=1S/C16H30N4O8/c1-4-7(2)12(20-14(25)11(17)8(3)23)15(26)18-9(5-21)13(24)19-10(6-22)16(27)28/h7-12,21-23H,4-6,17H2,1-3H3,(H,18,26)(H,19,24)(H,20,25)(H,27,28). The van der Waals surface area contributed by atoms with Crippen LogP contribution in [0, 0.1) is 5.92 Å². The van der Waals surface area contributed by atoms with Crippen LogP contribution in [0.25, 0.3) is 0 Å². The summed E-state index contributed by atoms with van der Waals surface area (Å²) in [7, 11) is 0. The van der Waals surface area contributed by atoms with Gasteiger partial charge in [-0.05, 0) is 12.8 Å². The SMILES string of the molecule is CCC(C)C(NC(=O)C(N)C(C)O)C(=O)NC(CO)C(=O)NC(CO)C(=O)O. The van der Waals surface area contributed by atoms with E-state index in [0.717, 1.165) is 0 Å². The van der Waals surface area contributed by atoms with Gasteiger partial charge in [0.1, 0.15) is 24.2 Å². The van der Waals surface area contributed by atoms with Crippen LogP contribution < -0.4 is 21.7 Å². The van der Waals surface area contributed by atoms with E-state index in [0.29, 0.717) is 6.42 Å². The number of nitrogens with two attached hydrogens (primary N) is 1. The first-order valence-electron chi connectivity index (χ1n) is 8.79. The lowest BCUT2D eigenvalue weighted by molar-refractivity contribution is -0.143. The number of carbonyl (C=O) groups is 4. The Bertz CT molecular complexity index is 557. The quantitative estimate of drug-likeness (QED) is 0.160. The average Bonchev–Trinajstić information content (AvgIpc) is 2.65. The zero-order chi connectivity index (χ0) is 22.0. The van der Waals surface area contributed by atoms with Crippen molar-refractivity contribution in [1.82, 2.24) is 16.0 Å². The van der Waals surface area contributed by atoms with Crippen molar-refractivity contribution in [3.05, 3.63) is 0 Å². The molecule has 0 radical (unpaired) electrons. The van der Waals surface area contributed by atoms with Gasteiger partial charge < -0.3 is 42.1 Å². The van der Waals surface area contributed by atoms with Crippen LogP contribution in [0.4, 0.5) is 0 Å². The van der Waals surface area contributed by atoms with Crippen LogP contribution in [0.5, 0.6) is 0 Å². The number of carboxylic acid groups (broad SMARTS) is 1. The van der Waals surface area contributed by atoms with Crippen LogP contribution >= 0.6 is 0 Å². The molecule has 0 aliphatic heterocycles. The van der Waals surface area contributed by atoms with E-state index in [-0.39, 0.29) is 5.92 Å². The highest BCUT2D eigenvalue weighted by atomic mass is 16.4. The maximum Gasteiger partial charge on any atom is 0.328 e. The summed E-state index contributed by atoms with van der Waals surface area (Å²) in [5, 5.41) is 43.2. The highest BCUT2D eigenvalue weighted by Gasteiger charge is 2.32. The van der Waals surface area contributed by atoms with Gasteiger partial charge in [0, 0.05) is 0 Å². The number of nitrogens with one attached hydrogen (secondary N) is 3. The molecule has 0 aliphatic carbocycles. The molecule has 162 valence electrons. The molecule has 0 saturated heterocycles. The van der Waals surface area contributed by atoms with Crippen molar-refractivity contribution in [3.8, 4) is 0 Å². The minimum atomic E-state index is -1.60. The highest BCUT2D eigenvalue weighted by Crippen LogP contribution is 2.09. The van der Waals surface area contributed by atoms with E-state index in [1.54, 1.807) is 13.8 Å². The summed E-state index contributed by atoms with van der Waals surface area (Å²) in [4.78, 5) is 47.6. The Labute approximate surface area is 162 Å². The first-order valence-corrected chi connectivity index (χ1v) is 8.79. The number of aliphatic carboxylic acids is 1. The third-order valence-electron chi connectivity index (χ3n) is 4.23. The molecule has 0 aliphatic rings. The van der Waals surface area contributed by atoms with Gasteiger partial charge in [-0.25, -0.2) is 4.79 Å². The maximum atomic E-state index is 12.5. The Balaban J connectivity index is 5.23. The molecule has 0 aromatic carbocycles. The number of amides is 3. The molecule has 28 heavy (non-hydrogen) atoms. The van der Waals surface area contributed by atoms with E-state index in [2.05, 4.69) is 10.6 Å². The molecule has 0 bridgehead atoms. The molecule has 12 heteroatoms. The Hall–Kier alpha value is -2.28. The van der Waals surface area contributed by atoms with Gasteiger partial charge in [-0.1, -0.05) is 20.3 Å². The van der Waals surface area contributed by atoms with Crippen molar-refractivity contribution in [2.75, 3.05) is 13.2 Å². The number of hydrogen-bond acceptors (Lipinski definition) is 8. The monoisotopic (exact) mass is 406 g/mol. The second-order valence-electron chi connectivity index (χ2n) is 6.46. The second kappa shape index (κ2) is 12.2. The van der Waals surface area contributed by atoms with Crippen molar-refractivity contribution < 1.29 is 39.6 Å². The molecule has 0 aromatic rings. The first-order chi connectivity index (χ1) is 13.0. The molecule has 9 N–H and O–H groups in total. The van der Waals surface area contributed by atoms with Gasteiger partial charge in [-0.3, -0.25) is 14.4 Å². The molecular formula is C16H30N4O8. The van der Waals surface area contributed by atoms with Gasteiger partial charge in [-0.15, -0.1) is 0 Å². The Kier molecular flexibility index (Phi) is 11.2. The molecule has 0 saturated carbocycles. The number of aliphatic hydroxyl groups is 3. The second-order valence-corrected chi connectivity index (χ2v) is 6.46. The third-order valence-corrected chi connectivity index (χ3v) is 4.23. The molecule has 3 amide bonds. The van der Waals surface area contributed by atoms with Crippen LogP contribution in [0.1, 0.15) is 27.2 Å². The number of carboxylic acids is 1. The molecule has 0 rings (SSSR count). The van der Waals surface area contributed by atoms with E-state index in [1.807, 2.05) is 5.32 Å². The molecule has 0 fully saturated rings. The maximum absolute atomic E-state index is 12.5. The van der Waals surface area contributed by atoms with E-state index < -0.39 is 67.2 Å². The predicted molar refractivity (Wildman–Crippen MR) is 96.7 cm³/mol. The van der Waals surface area contributed by atoms with Crippen molar-refractivity contribution in [2.24, 2.45) is 11.7 Å². The van der Waals surface area contributed by atoms with E-state index in [9.17, 15) is 29.4 Å². The number of hydrogen-bond donors (Lipinski definition) is 8. The van der Waals surface area contributed by atoms with Gasteiger partial charge >= 0.3 is 5.97 Å². The van der Waals surface area contributed by atoms with Crippen molar-refractivity contribution in [2.45, 2.75) is 57.5 Å². The normalized spacial score (nSPS) is 17.4. The molecule has 0 spiro atoms. The van der Waals surface area contributed by atoms with Crippen molar-refractivity contribution >= 4 is 23.7 Å². The summed E-state index contributed by atoms with van der Waals surface area (Å²) in [6, 6.07) is -5.49. The van der Waals surface area contributed by atoms with Gasteiger partial charge in [0.2, 0.25) is 17.7 Å². The fourth-order valence-corrected chi connectivity index (χ4v) is 2.08. The Morgan fingerprint density at radius 3 is 1.79 bits per heavy atom. The first kappa shape index (κ1) is 25.7. The number of aliphatic hydroxyl groups excluding tert-OH is 3. The van der Waals surface area contributed by atoms with Gasteiger partial charge in [0.05, 0.1) is 19.3 Å². The summed E-state index contributed by atoms with van der Waals surface area (Å²) < 4.78 is 0. The Morgan fingerprint density at radius 2 is 1.39 bits per heavy atom. The number of rotatable bonds is 12. The van der Waals surface area contributed by atoms with Gasteiger partial charge in [0.15, 0.2) is 0 Å². The van der Waals surface area contributed by atoms with Crippen LogP contribution in [-0.2, 0) is 19.2 Å². The summed E-state index contributed by atoms with van der Waals surface area (Å²) >= 11 is 0. The van der Waals surface area contributed by atoms with Crippen molar-refractivity contribution in [3.63, 3.8) is 0 Å². The summed E-state index contributed by atoms with van der Waals surface area (Å²) in [5.41, 5.74) is 5.55. The fraction of sp³-hybridized carbons (Fsp3) is 0.750. The third kappa shape index (κ3) is 7.76. The lowest BCUT2D eigenvalue weighted by atomic mass is 9.97. The summed E-state index contributed by atoms with van der Waals surface area (Å²) in [5.74, 6) is -4.46. The molecule has 0 heterocycles. The van der Waals surface area contributed by atoms with E-state index in [1.165, 1.54) is 6.92 Å². The zero-order valence-corrected chi connectivity index (χ0v) is 16.1. The largest absolute Gasteiger partial charge is 0.480 e. The average molecular weight is 406 g/mol. The number of carbonyl (C=O) groups excluding carboxylic acids is 3. The Morgan fingerprint density at radius 1 is 0.893 bits per heavy atom. The van der Waals surface area contributed by atoms with Gasteiger partial charge in [-0.2, -0.15) is 0 Å². The minimum Gasteiger partial charge on any atom is -0.480 e. The summed E-state index contributed by atoms with van der Waals surface area (Å²) in [6.07, 6.45) is -0.674. The van der Waals surface area contributed by atoms with E-state index >= 15 is 0 Å². The zero-order valence-electron chi connectivity index (χ0n) is 16.1. The fourth-order valence-electron chi connectivity index (χ4n) is 2.08. The van der Waals surface area contributed by atoms with Crippen molar-refractivity contribution in [1.29, 1.82) is 0 Å². The molecule has 12 nitrogen and oxygen atoms in total. The molecule has 6 atom stereocenters.